The minimum atomic E-state index is -0.332. The lowest BCUT2D eigenvalue weighted by Gasteiger charge is -2.09. The van der Waals surface area contributed by atoms with Crippen molar-refractivity contribution in [3.63, 3.8) is 0 Å². The molecule has 7 nitrogen and oxygen atoms in total. The second kappa shape index (κ2) is 8.98. The summed E-state index contributed by atoms with van der Waals surface area (Å²) in [6.45, 7) is 2.59. The van der Waals surface area contributed by atoms with Gasteiger partial charge in [0.05, 0.1) is 5.69 Å². The summed E-state index contributed by atoms with van der Waals surface area (Å²) in [7, 11) is 0. The van der Waals surface area contributed by atoms with Gasteiger partial charge in [-0.3, -0.25) is 0 Å². The predicted molar refractivity (Wildman–Crippen MR) is 110 cm³/mol. The molecular weight excluding hydrogens is 409 g/mol. The number of aromatic nitrogens is 5. The van der Waals surface area contributed by atoms with Crippen molar-refractivity contribution in [1.82, 2.24) is 25.0 Å². The van der Waals surface area contributed by atoms with Crippen molar-refractivity contribution in [2.75, 3.05) is 6.61 Å². The van der Waals surface area contributed by atoms with Gasteiger partial charge in [0.2, 0.25) is 0 Å². The first-order valence-corrected chi connectivity index (χ1v) is 9.56. The van der Waals surface area contributed by atoms with Crippen molar-refractivity contribution in [3.8, 4) is 34.4 Å². The molecule has 4 aromatic rings. The molecule has 30 heavy (non-hydrogen) atoms. The molecule has 2 aromatic heterocycles. The van der Waals surface area contributed by atoms with Crippen LogP contribution < -0.4 is 4.74 Å². The first-order valence-electron chi connectivity index (χ1n) is 9.18. The molecule has 0 spiro atoms. The Bertz CT molecular complexity index is 1150. The van der Waals surface area contributed by atoms with Gasteiger partial charge < -0.3 is 9.47 Å². The van der Waals surface area contributed by atoms with Gasteiger partial charge in [-0.15, -0.1) is 5.10 Å². The Morgan fingerprint density at radius 3 is 2.70 bits per heavy atom. The average molecular weight is 426 g/mol. The van der Waals surface area contributed by atoms with E-state index in [1.807, 2.05) is 6.92 Å². The lowest BCUT2D eigenvalue weighted by Crippen LogP contribution is -2.07. The molecule has 9 heteroatoms. The average Bonchev–Trinajstić information content (AvgIpc) is 3.17. The monoisotopic (exact) mass is 425 g/mol. The zero-order valence-corrected chi connectivity index (χ0v) is 16.8. The van der Waals surface area contributed by atoms with Gasteiger partial charge in [-0.25, -0.2) is 14.1 Å². The Morgan fingerprint density at radius 1 is 1.10 bits per heavy atom. The molecule has 0 radical (unpaired) electrons. The first-order chi connectivity index (χ1) is 14.6. The van der Waals surface area contributed by atoms with Crippen LogP contribution in [0.1, 0.15) is 6.92 Å². The Hall–Kier alpha value is -3.36. The van der Waals surface area contributed by atoms with E-state index in [4.69, 9.17) is 21.1 Å². The highest BCUT2D eigenvalue weighted by molar-refractivity contribution is 6.30. The lowest BCUT2D eigenvalue weighted by atomic mass is 10.1. The maximum Gasteiger partial charge on any atom is 0.322 e. The van der Waals surface area contributed by atoms with Crippen LogP contribution in [0.2, 0.25) is 5.02 Å². The number of nitrogens with zero attached hydrogens (tertiary/aromatic N) is 5. The van der Waals surface area contributed by atoms with Crippen LogP contribution in [-0.4, -0.2) is 31.6 Å². The molecule has 0 aliphatic rings. The van der Waals surface area contributed by atoms with E-state index in [-0.39, 0.29) is 18.6 Å². The second-order valence-electron chi connectivity index (χ2n) is 6.20. The summed E-state index contributed by atoms with van der Waals surface area (Å²) in [5, 5.41) is 8.99. The number of rotatable bonds is 7. The van der Waals surface area contributed by atoms with E-state index in [1.54, 1.807) is 53.3 Å². The van der Waals surface area contributed by atoms with E-state index < -0.39 is 0 Å². The molecule has 2 aromatic carbocycles. The summed E-state index contributed by atoms with van der Waals surface area (Å²) in [5.74, 6) is 0.181. The summed E-state index contributed by atoms with van der Waals surface area (Å²) in [6, 6.07) is 14.8. The molecule has 0 amide bonds. The smallest absolute Gasteiger partial charge is 0.322 e. The van der Waals surface area contributed by atoms with Crippen LogP contribution in [0.25, 0.3) is 22.6 Å². The normalized spacial score (nSPS) is 10.9. The molecule has 152 valence electrons. The standard InChI is InChI=1S/C21H17ClFN5O2/c1-2-29-13-28-20(19(26-27-28)14-6-8-16(23)9-7-14)18-10-11-24-21(25-18)30-17-5-3-4-15(22)12-17/h3-12H,2,13H2,1H3. The third-order valence-electron chi connectivity index (χ3n) is 4.15. The van der Waals surface area contributed by atoms with Crippen molar-refractivity contribution in [1.29, 1.82) is 0 Å². The summed E-state index contributed by atoms with van der Waals surface area (Å²) in [4.78, 5) is 8.68. The molecule has 2 heterocycles. The van der Waals surface area contributed by atoms with Gasteiger partial charge in [0.1, 0.15) is 29.7 Å². The summed E-state index contributed by atoms with van der Waals surface area (Å²) >= 11 is 6.01. The topological polar surface area (TPSA) is 75.0 Å². The Balaban J connectivity index is 1.74. The highest BCUT2D eigenvalue weighted by Gasteiger charge is 2.19. The van der Waals surface area contributed by atoms with Crippen LogP contribution in [0.5, 0.6) is 11.8 Å². The van der Waals surface area contributed by atoms with E-state index in [9.17, 15) is 4.39 Å². The Labute approximate surface area is 177 Å². The minimum absolute atomic E-state index is 0.143. The fourth-order valence-electron chi connectivity index (χ4n) is 2.79. The van der Waals surface area contributed by atoms with Crippen LogP contribution >= 0.6 is 11.6 Å². The molecule has 4 rings (SSSR count). The molecule has 0 saturated carbocycles. The van der Waals surface area contributed by atoms with Gasteiger partial charge in [0.25, 0.3) is 0 Å². The molecule has 0 bridgehead atoms. The molecule has 0 atom stereocenters. The maximum absolute atomic E-state index is 13.4. The Morgan fingerprint density at radius 2 is 1.93 bits per heavy atom. The molecular formula is C21H17ClFN5O2. The zero-order chi connectivity index (χ0) is 20.9. The quantitative estimate of drug-likeness (QED) is 0.415. The number of ether oxygens (including phenoxy) is 2. The summed E-state index contributed by atoms with van der Waals surface area (Å²) in [5.41, 5.74) is 2.38. The number of halogens is 2. The van der Waals surface area contributed by atoms with Crippen molar-refractivity contribution in [2.45, 2.75) is 13.7 Å². The minimum Gasteiger partial charge on any atom is -0.424 e. The highest BCUT2D eigenvalue weighted by Crippen LogP contribution is 2.30. The molecule has 0 unspecified atom stereocenters. The van der Waals surface area contributed by atoms with Gasteiger partial charge in [0.15, 0.2) is 0 Å². The summed E-state index contributed by atoms with van der Waals surface area (Å²) in [6.07, 6.45) is 1.58. The maximum atomic E-state index is 13.4. The van der Waals surface area contributed by atoms with Crippen LogP contribution in [0.15, 0.2) is 60.8 Å². The van der Waals surface area contributed by atoms with Gasteiger partial charge in [-0.05, 0) is 55.5 Å². The van der Waals surface area contributed by atoms with Crippen molar-refractivity contribution < 1.29 is 13.9 Å². The molecule has 0 fully saturated rings. The van der Waals surface area contributed by atoms with Crippen LogP contribution in [-0.2, 0) is 11.5 Å². The summed E-state index contributed by atoms with van der Waals surface area (Å²) < 4.78 is 26.2. The molecule has 0 aliphatic carbocycles. The van der Waals surface area contributed by atoms with E-state index in [0.29, 0.717) is 40.0 Å². The van der Waals surface area contributed by atoms with Gasteiger partial charge >= 0.3 is 6.01 Å². The van der Waals surface area contributed by atoms with Gasteiger partial charge in [-0.2, -0.15) is 4.98 Å². The number of hydrogen-bond acceptors (Lipinski definition) is 6. The number of hydrogen-bond donors (Lipinski definition) is 0. The van der Waals surface area contributed by atoms with E-state index >= 15 is 0 Å². The van der Waals surface area contributed by atoms with Crippen LogP contribution in [0.3, 0.4) is 0 Å². The lowest BCUT2D eigenvalue weighted by molar-refractivity contribution is 0.0790. The predicted octanol–water partition coefficient (Wildman–Crippen LogP) is 4.98. The van der Waals surface area contributed by atoms with Crippen LogP contribution in [0.4, 0.5) is 4.39 Å². The largest absolute Gasteiger partial charge is 0.424 e. The van der Waals surface area contributed by atoms with Crippen LogP contribution in [0, 0.1) is 5.82 Å². The van der Waals surface area contributed by atoms with Crippen molar-refractivity contribution in [2.24, 2.45) is 0 Å². The SMILES string of the molecule is CCOCn1nnc(-c2ccc(F)cc2)c1-c1ccnc(Oc2cccc(Cl)c2)n1. The van der Waals surface area contributed by atoms with E-state index in [0.717, 1.165) is 0 Å². The highest BCUT2D eigenvalue weighted by atomic mass is 35.5. The molecule has 0 saturated heterocycles. The van der Waals surface area contributed by atoms with Crippen molar-refractivity contribution >= 4 is 11.6 Å². The van der Waals surface area contributed by atoms with Gasteiger partial charge in [-0.1, -0.05) is 22.9 Å². The zero-order valence-electron chi connectivity index (χ0n) is 16.0. The van der Waals surface area contributed by atoms with E-state index in [2.05, 4.69) is 20.3 Å². The fourth-order valence-corrected chi connectivity index (χ4v) is 2.97. The third-order valence-corrected chi connectivity index (χ3v) is 4.39. The molecule has 0 N–H and O–H groups in total. The second-order valence-corrected chi connectivity index (χ2v) is 6.64. The van der Waals surface area contributed by atoms with E-state index in [1.165, 1.54) is 12.1 Å². The van der Waals surface area contributed by atoms with Crippen molar-refractivity contribution in [3.05, 3.63) is 71.6 Å². The third kappa shape index (κ3) is 4.45. The number of benzene rings is 2. The molecule has 0 aliphatic heterocycles. The fraction of sp³-hybridized carbons (Fsp3) is 0.143. The first kappa shape index (κ1) is 19.9. The van der Waals surface area contributed by atoms with Gasteiger partial charge in [0, 0.05) is 23.4 Å². The Kier molecular flexibility index (Phi) is 5.97.